The van der Waals surface area contributed by atoms with Crippen LogP contribution in [0.25, 0.3) is 0 Å². The highest BCUT2D eigenvalue weighted by molar-refractivity contribution is 7.47. The minimum absolute atomic E-state index is 0.128. The van der Waals surface area contributed by atoms with E-state index in [-0.39, 0.29) is 12.8 Å². The molecule has 0 aliphatic heterocycles. The maximum absolute atomic E-state index is 12.4. The summed E-state index contributed by atoms with van der Waals surface area (Å²) in [5.74, 6) is -2.41. The Bertz CT molecular complexity index is 1400. The van der Waals surface area contributed by atoms with Crippen LogP contribution in [0, 0.1) is 0 Å². The Morgan fingerprint density at radius 1 is 0.516 bits per heavy atom. The third-order valence-electron chi connectivity index (χ3n) is 10.2. The van der Waals surface area contributed by atoms with Gasteiger partial charge in [0.1, 0.15) is 12.7 Å². The van der Waals surface area contributed by atoms with E-state index in [1.807, 2.05) is 0 Å². The number of phosphoric acid groups is 1. The topological polar surface area (TPSA) is 169 Å². The minimum atomic E-state index is -4.77. The van der Waals surface area contributed by atoms with Crippen molar-refractivity contribution < 1.29 is 47.8 Å². The number of hydrogen-bond acceptors (Lipinski definition) is 8. The average molecular weight is 918 g/mol. The molecule has 0 saturated heterocycles. The van der Waals surface area contributed by atoms with Gasteiger partial charge in [0.15, 0.2) is 6.04 Å². The van der Waals surface area contributed by atoms with E-state index in [9.17, 15) is 34.1 Å². The maximum atomic E-state index is 12.4. The molecule has 0 aromatic heterocycles. The molecule has 0 spiro atoms. The number of carbonyl (C=O) groups excluding carboxylic acids is 2. The zero-order valence-corrected chi connectivity index (χ0v) is 40.7. The van der Waals surface area contributed by atoms with E-state index in [4.69, 9.17) is 13.8 Å². The molecule has 0 aromatic carbocycles. The highest BCUT2D eigenvalue weighted by Gasteiger charge is 2.28. The molecule has 0 aliphatic rings. The van der Waals surface area contributed by atoms with Gasteiger partial charge >= 0.3 is 19.8 Å². The van der Waals surface area contributed by atoms with Gasteiger partial charge in [-0.25, -0.2) is 9.36 Å². The second-order valence-corrected chi connectivity index (χ2v) is 17.7. The Labute approximate surface area is 388 Å². The van der Waals surface area contributed by atoms with Gasteiger partial charge in [-0.15, -0.1) is 0 Å². The molecule has 1 amide bonds. The van der Waals surface area contributed by atoms with Crippen LogP contribution in [-0.2, 0) is 32.7 Å². The number of carboxylic acid groups (broad SMARTS) is 1. The molecular formula is C52H88NO10P. The number of aliphatic hydroxyl groups excluding tert-OH is 1. The second kappa shape index (κ2) is 46.2. The number of hydrogen-bond donors (Lipinski definition) is 4. The fourth-order valence-electron chi connectivity index (χ4n) is 6.37. The van der Waals surface area contributed by atoms with Crippen molar-refractivity contribution in [2.24, 2.45) is 0 Å². The molecule has 4 N–H and O–H groups in total. The lowest BCUT2D eigenvalue weighted by Gasteiger charge is -2.18. The molecule has 12 heteroatoms. The molecule has 366 valence electrons. The molecule has 11 nitrogen and oxygen atoms in total. The summed E-state index contributed by atoms with van der Waals surface area (Å²) in [4.78, 5) is 46.1. The fourth-order valence-corrected chi connectivity index (χ4v) is 7.14. The van der Waals surface area contributed by atoms with Gasteiger partial charge in [0.2, 0.25) is 5.91 Å². The number of unbranched alkanes of at least 4 members (excludes halogenated alkanes) is 17. The van der Waals surface area contributed by atoms with E-state index < -0.39 is 57.6 Å². The second-order valence-electron chi connectivity index (χ2n) is 16.3. The molecule has 0 rings (SSSR count). The van der Waals surface area contributed by atoms with Crippen LogP contribution in [0.5, 0.6) is 0 Å². The first-order chi connectivity index (χ1) is 31.1. The minimum Gasteiger partial charge on any atom is -0.480 e. The van der Waals surface area contributed by atoms with Crippen molar-refractivity contribution in [1.82, 2.24) is 5.32 Å². The van der Waals surface area contributed by atoms with Gasteiger partial charge in [0.25, 0.3) is 0 Å². The van der Waals surface area contributed by atoms with Crippen molar-refractivity contribution in [2.45, 2.75) is 206 Å². The predicted octanol–water partition coefficient (Wildman–Crippen LogP) is 13.4. The van der Waals surface area contributed by atoms with E-state index >= 15 is 0 Å². The van der Waals surface area contributed by atoms with Gasteiger partial charge in [-0.2, -0.15) is 0 Å². The Balaban J connectivity index is 3.91. The van der Waals surface area contributed by atoms with E-state index in [1.165, 1.54) is 38.5 Å². The van der Waals surface area contributed by atoms with Gasteiger partial charge in [-0.1, -0.05) is 176 Å². The first kappa shape index (κ1) is 60.7. The molecule has 0 fully saturated rings. The molecule has 0 aromatic rings. The van der Waals surface area contributed by atoms with Crippen LogP contribution in [0.3, 0.4) is 0 Å². The first-order valence-electron chi connectivity index (χ1n) is 24.6. The summed E-state index contributed by atoms with van der Waals surface area (Å²) in [6, 6.07) is -1.56. The highest BCUT2D eigenvalue weighted by Crippen LogP contribution is 2.43. The quantitative estimate of drug-likeness (QED) is 0.0200. The van der Waals surface area contributed by atoms with Crippen LogP contribution < -0.4 is 5.32 Å². The number of aliphatic hydroxyl groups is 1. The van der Waals surface area contributed by atoms with Crippen LogP contribution in [-0.4, -0.2) is 64.9 Å². The average Bonchev–Trinajstić information content (AvgIpc) is 3.27. The monoisotopic (exact) mass is 918 g/mol. The summed E-state index contributed by atoms with van der Waals surface area (Å²) in [6.07, 6.45) is 57.4. The SMILES string of the molecule is CC/C=C\C/C=C\C/C=C\CCCCCCCCCC(=O)OCC(O)COP(=O)(O)OCC(NC(=O)CCCCCCCCC/C=C\C/C=C\C/C=C\C/C=C\CCCCC)C(=O)O. The molecule has 0 radical (unpaired) electrons. The van der Waals surface area contributed by atoms with Crippen LogP contribution in [0.2, 0.25) is 0 Å². The number of carboxylic acids is 1. The van der Waals surface area contributed by atoms with Gasteiger partial charge in [-0.3, -0.25) is 18.6 Å². The maximum Gasteiger partial charge on any atom is 0.472 e. The molecule has 3 atom stereocenters. The number of phosphoric ester groups is 1. The van der Waals surface area contributed by atoms with E-state index in [1.54, 1.807) is 0 Å². The molecule has 64 heavy (non-hydrogen) atoms. The Morgan fingerprint density at radius 3 is 1.36 bits per heavy atom. The fraction of sp³-hybridized carbons (Fsp3) is 0.673. The lowest BCUT2D eigenvalue weighted by Crippen LogP contribution is -2.43. The lowest BCUT2D eigenvalue weighted by molar-refractivity contribution is -0.147. The lowest BCUT2D eigenvalue weighted by atomic mass is 10.1. The smallest absolute Gasteiger partial charge is 0.472 e. The number of esters is 1. The van der Waals surface area contributed by atoms with Crippen LogP contribution in [0.15, 0.2) is 85.1 Å². The van der Waals surface area contributed by atoms with Crippen molar-refractivity contribution in [3.8, 4) is 0 Å². The summed E-state index contributed by atoms with van der Waals surface area (Å²) in [5.41, 5.74) is 0. The standard InChI is InChI=1S/C52H88NO10P/c1-3-5-7-9-11-13-15-17-19-21-22-23-24-25-26-28-29-31-33-35-37-39-41-43-50(55)53-49(52(57)58)47-63-64(59,60)62-46-48(54)45-61-51(56)44-42-40-38-36-34-32-30-27-20-18-16-14-12-10-8-6-4-2/h6,8,11-14,17-20,22-23,25-26,48-49,54H,3-5,7,9-10,15-16,21,24,27-47H2,1-2H3,(H,53,55)(H,57,58)(H,59,60)/b8-6-,13-11-,14-12-,19-17-,20-18-,23-22-,26-25-. The normalized spacial score (nSPS) is 14.3. The number of allylic oxidation sites excluding steroid dienone is 14. The molecular weight excluding hydrogens is 830 g/mol. The summed E-state index contributed by atoms with van der Waals surface area (Å²) < 4.78 is 26.9. The number of rotatable bonds is 45. The number of aliphatic carboxylic acids is 1. The number of ether oxygens (including phenoxy) is 1. The van der Waals surface area contributed by atoms with E-state index in [2.05, 4.69) is 104 Å². The number of nitrogens with one attached hydrogen (secondary N) is 1. The molecule has 3 unspecified atom stereocenters. The largest absolute Gasteiger partial charge is 0.480 e. The van der Waals surface area contributed by atoms with Crippen molar-refractivity contribution in [3.05, 3.63) is 85.1 Å². The van der Waals surface area contributed by atoms with Crippen molar-refractivity contribution >= 4 is 25.7 Å². The Hall–Kier alpha value is -3.34. The summed E-state index contributed by atoms with van der Waals surface area (Å²) in [6.45, 7) is 2.44. The van der Waals surface area contributed by atoms with Crippen LogP contribution in [0.4, 0.5) is 0 Å². The number of amides is 1. The summed E-state index contributed by atoms with van der Waals surface area (Å²) in [5, 5.41) is 21.9. The molecule has 0 bridgehead atoms. The third kappa shape index (κ3) is 45.2. The van der Waals surface area contributed by atoms with E-state index in [0.29, 0.717) is 12.8 Å². The zero-order valence-electron chi connectivity index (χ0n) is 39.8. The predicted molar refractivity (Wildman–Crippen MR) is 263 cm³/mol. The third-order valence-corrected chi connectivity index (χ3v) is 11.1. The van der Waals surface area contributed by atoms with Gasteiger partial charge in [0.05, 0.1) is 13.2 Å². The highest BCUT2D eigenvalue weighted by atomic mass is 31.2. The van der Waals surface area contributed by atoms with Crippen molar-refractivity contribution in [1.29, 1.82) is 0 Å². The Kier molecular flexibility index (Phi) is 43.8. The van der Waals surface area contributed by atoms with Crippen molar-refractivity contribution in [2.75, 3.05) is 19.8 Å². The van der Waals surface area contributed by atoms with Gasteiger partial charge in [-0.05, 0) is 89.9 Å². The number of carbonyl (C=O) groups is 3. The van der Waals surface area contributed by atoms with Gasteiger partial charge < -0.3 is 25.2 Å². The van der Waals surface area contributed by atoms with Crippen LogP contribution in [0.1, 0.15) is 194 Å². The van der Waals surface area contributed by atoms with E-state index in [0.717, 1.165) is 116 Å². The summed E-state index contributed by atoms with van der Waals surface area (Å²) in [7, 11) is -4.77. The first-order valence-corrected chi connectivity index (χ1v) is 26.1. The van der Waals surface area contributed by atoms with Crippen LogP contribution >= 0.6 is 7.82 Å². The Morgan fingerprint density at radius 2 is 0.906 bits per heavy atom. The zero-order chi connectivity index (χ0) is 47.0. The molecule has 0 heterocycles. The molecule has 0 saturated carbocycles. The van der Waals surface area contributed by atoms with Gasteiger partial charge in [0, 0.05) is 12.8 Å². The summed E-state index contributed by atoms with van der Waals surface area (Å²) >= 11 is 0. The molecule has 0 aliphatic carbocycles. The van der Waals surface area contributed by atoms with Crippen molar-refractivity contribution in [3.63, 3.8) is 0 Å².